The van der Waals surface area contributed by atoms with Gasteiger partial charge in [0.05, 0.1) is 12.6 Å². The van der Waals surface area contributed by atoms with Crippen LogP contribution in [0.25, 0.3) is 0 Å². The number of rotatable bonds is 1. The van der Waals surface area contributed by atoms with E-state index in [-0.39, 0.29) is 12.9 Å². The van der Waals surface area contributed by atoms with Crippen molar-refractivity contribution in [2.75, 3.05) is 6.61 Å². The summed E-state index contributed by atoms with van der Waals surface area (Å²) in [6.07, 6.45) is -4.02. The van der Waals surface area contributed by atoms with Gasteiger partial charge in [0.1, 0.15) is 24.5 Å². The Kier molecular flexibility index (Phi) is 7.21. The fourth-order valence-corrected chi connectivity index (χ4v) is 1.17. The largest absolute Gasteiger partial charge is 0.412 e. The molecule has 14 heavy (non-hydrogen) atoms. The minimum atomic E-state index is -1.18. The van der Waals surface area contributed by atoms with Crippen LogP contribution in [0.3, 0.4) is 0 Å². The van der Waals surface area contributed by atoms with Gasteiger partial charge in [-0.25, -0.2) is 0 Å². The molecule has 1 rings (SSSR count). The molecule has 1 fully saturated rings. The van der Waals surface area contributed by atoms with Gasteiger partial charge in [0.2, 0.25) is 0 Å². The predicted molar refractivity (Wildman–Crippen MR) is 50.3 cm³/mol. The molecule has 0 amide bonds. The van der Waals surface area contributed by atoms with E-state index in [2.05, 4.69) is 0 Å². The second-order valence-electron chi connectivity index (χ2n) is 2.88. The van der Waals surface area contributed by atoms with Crippen molar-refractivity contribution in [1.29, 1.82) is 0 Å². The Balaban J connectivity index is 0. The molecule has 0 saturated carbocycles. The Morgan fingerprint density at radius 3 is 2.07 bits per heavy atom. The second kappa shape index (κ2) is 6.25. The van der Waals surface area contributed by atoms with Crippen LogP contribution in [0.1, 0.15) is 7.43 Å². The molecule has 0 radical (unpaired) electrons. The zero-order chi connectivity index (χ0) is 9.30. The van der Waals surface area contributed by atoms with Crippen LogP contribution < -0.4 is 11.5 Å². The topological polar surface area (TPSA) is 153 Å². The first-order valence-electron chi connectivity index (χ1n) is 3.71. The van der Waals surface area contributed by atoms with E-state index in [0.29, 0.717) is 0 Å². The minimum absolute atomic E-state index is 0. The molecule has 0 unspecified atom stereocenters. The number of aliphatic hydroxyl groups is 3. The van der Waals surface area contributed by atoms with Crippen molar-refractivity contribution in [3.8, 4) is 0 Å². The lowest BCUT2D eigenvalue weighted by molar-refractivity contribution is -0.186. The lowest BCUT2D eigenvalue weighted by atomic mass is 9.97. The van der Waals surface area contributed by atoms with Crippen LogP contribution in [0.2, 0.25) is 0 Å². The Labute approximate surface area is 82.6 Å². The Morgan fingerprint density at radius 2 is 1.64 bits per heavy atom. The maximum atomic E-state index is 9.27. The molecule has 0 aromatic heterocycles. The van der Waals surface area contributed by atoms with Crippen LogP contribution in [-0.4, -0.2) is 58.0 Å². The van der Waals surface area contributed by atoms with Crippen LogP contribution in [-0.2, 0) is 4.74 Å². The normalized spacial score (nSPS) is 42.2. The first-order valence-corrected chi connectivity index (χ1v) is 3.71. The third kappa shape index (κ3) is 2.85. The van der Waals surface area contributed by atoms with Gasteiger partial charge in [-0.15, -0.1) is 0 Å². The summed E-state index contributed by atoms with van der Waals surface area (Å²) in [5.41, 5.74) is 10.8. The van der Waals surface area contributed by atoms with Crippen molar-refractivity contribution < 1.29 is 25.5 Å². The van der Waals surface area contributed by atoms with Crippen molar-refractivity contribution >= 4 is 0 Å². The Morgan fingerprint density at radius 1 is 1.14 bits per heavy atom. The zero-order valence-corrected chi connectivity index (χ0v) is 7.00. The molecule has 7 nitrogen and oxygen atoms in total. The van der Waals surface area contributed by atoms with E-state index in [1.54, 1.807) is 0 Å². The van der Waals surface area contributed by atoms with Crippen molar-refractivity contribution in [1.82, 2.24) is 0 Å². The monoisotopic (exact) mass is 212 g/mol. The highest BCUT2D eigenvalue weighted by atomic mass is 16.5. The first kappa shape index (κ1) is 16.2. The van der Waals surface area contributed by atoms with Gasteiger partial charge in [-0.05, 0) is 0 Å². The van der Waals surface area contributed by atoms with Crippen molar-refractivity contribution in [3.63, 3.8) is 0 Å². The Hall–Kier alpha value is -0.280. The van der Waals surface area contributed by atoms with E-state index >= 15 is 0 Å². The predicted octanol–water partition coefficient (Wildman–Crippen LogP) is -3.48. The standard InChI is InChI=1S/C6H14N2O4.CH4.H2O/c7-3-5(11)4(10)2(1-9)12-6(3)8;;/h2-6,9-11H,1,7-8H2;1H4;1H2/t2-,3-,4-,5-,6-;;/m1../s1. The summed E-state index contributed by atoms with van der Waals surface area (Å²) in [6.45, 7) is -0.390. The molecule has 88 valence electrons. The number of hydrogen-bond acceptors (Lipinski definition) is 6. The molecular weight excluding hydrogens is 192 g/mol. The van der Waals surface area contributed by atoms with Gasteiger partial charge in [-0.1, -0.05) is 7.43 Å². The van der Waals surface area contributed by atoms with Gasteiger partial charge in [0.25, 0.3) is 0 Å². The number of hydrogen-bond donors (Lipinski definition) is 5. The number of aliphatic hydroxyl groups excluding tert-OH is 3. The van der Waals surface area contributed by atoms with E-state index in [1.807, 2.05) is 0 Å². The van der Waals surface area contributed by atoms with Crippen LogP contribution in [0, 0.1) is 0 Å². The molecule has 0 aliphatic carbocycles. The summed E-state index contributed by atoms with van der Waals surface area (Å²) in [5, 5.41) is 27.2. The van der Waals surface area contributed by atoms with Crippen molar-refractivity contribution in [2.45, 2.75) is 38.0 Å². The lowest BCUT2D eigenvalue weighted by Crippen LogP contribution is -2.64. The first-order chi connectivity index (χ1) is 5.57. The average Bonchev–Trinajstić information content (AvgIpc) is 2.08. The highest BCUT2D eigenvalue weighted by molar-refractivity contribution is 4.92. The van der Waals surface area contributed by atoms with Crippen LogP contribution in [0.15, 0.2) is 0 Å². The summed E-state index contributed by atoms with van der Waals surface area (Å²) >= 11 is 0. The second-order valence-corrected chi connectivity index (χ2v) is 2.88. The number of ether oxygens (including phenoxy) is 1. The fourth-order valence-electron chi connectivity index (χ4n) is 1.17. The molecule has 0 spiro atoms. The summed E-state index contributed by atoms with van der Waals surface area (Å²) < 4.78 is 4.92. The highest BCUT2D eigenvalue weighted by Gasteiger charge is 2.40. The SMILES string of the molecule is C.N[C@@H]1[C@@H](O)[C@H](O)[C@@H](CO)O[C@H]1N.O. The molecule has 5 atom stereocenters. The molecule has 0 bridgehead atoms. The molecule has 1 saturated heterocycles. The minimum Gasteiger partial charge on any atom is -0.412 e. The summed E-state index contributed by atoms with van der Waals surface area (Å²) in [6, 6.07) is -0.817. The quantitative estimate of drug-likeness (QED) is 0.304. The molecule has 0 aromatic rings. The van der Waals surface area contributed by atoms with Crippen LogP contribution in [0.4, 0.5) is 0 Å². The van der Waals surface area contributed by atoms with Gasteiger partial charge >= 0.3 is 0 Å². The fraction of sp³-hybridized carbons (Fsp3) is 1.00. The van der Waals surface area contributed by atoms with E-state index in [1.165, 1.54) is 0 Å². The van der Waals surface area contributed by atoms with Crippen molar-refractivity contribution in [3.05, 3.63) is 0 Å². The van der Waals surface area contributed by atoms with Gasteiger partial charge in [0, 0.05) is 0 Å². The zero-order valence-electron chi connectivity index (χ0n) is 7.00. The summed E-state index contributed by atoms with van der Waals surface area (Å²) in [5.74, 6) is 0. The van der Waals surface area contributed by atoms with Gasteiger partial charge < -0.3 is 37.0 Å². The van der Waals surface area contributed by atoms with Gasteiger partial charge in [-0.3, -0.25) is 0 Å². The maximum absolute atomic E-state index is 9.27. The van der Waals surface area contributed by atoms with E-state index in [0.717, 1.165) is 0 Å². The van der Waals surface area contributed by atoms with Crippen LogP contribution in [0.5, 0.6) is 0 Å². The molecule has 0 aromatic carbocycles. The summed E-state index contributed by atoms with van der Waals surface area (Å²) in [7, 11) is 0. The third-order valence-corrected chi connectivity index (χ3v) is 2.02. The molecule has 1 aliphatic rings. The third-order valence-electron chi connectivity index (χ3n) is 2.02. The molecule has 7 heteroatoms. The lowest BCUT2D eigenvalue weighted by Gasteiger charge is -2.38. The molecular formula is C7H20N2O5. The average molecular weight is 212 g/mol. The van der Waals surface area contributed by atoms with Gasteiger partial charge in [0.15, 0.2) is 0 Å². The number of nitrogens with two attached hydrogens (primary N) is 2. The van der Waals surface area contributed by atoms with Gasteiger partial charge in [-0.2, -0.15) is 0 Å². The smallest absolute Gasteiger partial charge is 0.124 e. The van der Waals surface area contributed by atoms with Crippen molar-refractivity contribution in [2.24, 2.45) is 11.5 Å². The highest BCUT2D eigenvalue weighted by Crippen LogP contribution is 2.16. The van der Waals surface area contributed by atoms with E-state index < -0.39 is 37.2 Å². The maximum Gasteiger partial charge on any atom is 0.124 e. The molecule has 9 N–H and O–H groups in total. The molecule has 1 aliphatic heterocycles. The van der Waals surface area contributed by atoms with E-state index in [9.17, 15) is 10.2 Å². The molecule has 1 heterocycles. The summed E-state index contributed by atoms with van der Waals surface area (Å²) in [4.78, 5) is 0. The van der Waals surface area contributed by atoms with E-state index in [4.69, 9.17) is 21.3 Å². The Bertz CT molecular complexity index is 154. The van der Waals surface area contributed by atoms with Crippen LogP contribution >= 0.6 is 0 Å².